The number of benzene rings is 1. The molecular weight excluding hydrogens is 402 g/mol. The van der Waals surface area contributed by atoms with Crippen LogP contribution in [0.15, 0.2) is 48.7 Å². The monoisotopic (exact) mass is 422 g/mol. The molecule has 0 spiro atoms. The van der Waals surface area contributed by atoms with Gasteiger partial charge in [-0.15, -0.1) is 0 Å². The lowest BCUT2D eigenvalue weighted by Gasteiger charge is -2.13. The van der Waals surface area contributed by atoms with Crippen molar-refractivity contribution in [1.82, 2.24) is 15.3 Å². The van der Waals surface area contributed by atoms with Crippen molar-refractivity contribution < 1.29 is 18.4 Å². The zero-order valence-electron chi connectivity index (χ0n) is 16.5. The number of hydrogen-bond donors (Lipinski definition) is 3. The molecule has 3 N–H and O–H groups in total. The van der Waals surface area contributed by atoms with E-state index < -0.39 is 24.2 Å². The normalized spacial score (nSPS) is 19.0. The Hall–Kier alpha value is -3.39. The van der Waals surface area contributed by atoms with Crippen LogP contribution < -0.4 is 10.6 Å². The predicted octanol–water partition coefficient (Wildman–Crippen LogP) is 3.55. The molecule has 1 atom stereocenters. The summed E-state index contributed by atoms with van der Waals surface area (Å²) in [5, 5.41) is 5.58. The second-order valence-electron chi connectivity index (χ2n) is 7.96. The zero-order valence-corrected chi connectivity index (χ0v) is 16.5. The Morgan fingerprint density at radius 1 is 1.19 bits per heavy atom. The van der Waals surface area contributed by atoms with E-state index in [2.05, 4.69) is 20.6 Å². The van der Waals surface area contributed by atoms with Crippen molar-refractivity contribution in [2.75, 3.05) is 11.9 Å². The van der Waals surface area contributed by atoms with Gasteiger partial charge in [-0.3, -0.25) is 9.59 Å². The number of aromatic amines is 1. The maximum absolute atomic E-state index is 13.2. The molecule has 5 rings (SSSR count). The Bertz CT molecular complexity index is 1170. The van der Waals surface area contributed by atoms with Crippen molar-refractivity contribution in [3.63, 3.8) is 0 Å². The Labute approximate surface area is 177 Å². The standard InChI is InChI=1S/C23H20F2N4O2/c24-23(25)10-16(23)22(31)29-19-9-14(6-7-27-19)21-15(8-13-4-2-1-3-5-13)20-17(28-21)11-26-12-18(20)30/h1-7,9,16,26,28H,8,10-12H2,(H,27,29,31). The topological polar surface area (TPSA) is 86.9 Å². The second kappa shape index (κ2) is 7.39. The minimum absolute atomic E-state index is 0.0215. The third-order valence-electron chi connectivity index (χ3n) is 5.71. The molecule has 8 heteroatoms. The first kappa shape index (κ1) is 19.6. The number of alkyl halides is 2. The number of halogens is 2. The van der Waals surface area contributed by atoms with E-state index >= 15 is 0 Å². The molecule has 0 bridgehead atoms. The zero-order chi connectivity index (χ0) is 21.6. The van der Waals surface area contributed by atoms with Gasteiger partial charge in [0.15, 0.2) is 5.78 Å². The number of carbonyl (C=O) groups is 2. The average Bonchev–Trinajstić information content (AvgIpc) is 3.24. The van der Waals surface area contributed by atoms with Crippen LogP contribution in [0.25, 0.3) is 11.3 Å². The van der Waals surface area contributed by atoms with Crippen molar-refractivity contribution in [2.24, 2.45) is 5.92 Å². The molecule has 1 fully saturated rings. The number of amides is 1. The molecule has 2 aromatic heterocycles. The van der Waals surface area contributed by atoms with Gasteiger partial charge in [-0.05, 0) is 23.3 Å². The van der Waals surface area contributed by atoms with Gasteiger partial charge >= 0.3 is 0 Å². The van der Waals surface area contributed by atoms with E-state index in [0.717, 1.165) is 28.1 Å². The summed E-state index contributed by atoms with van der Waals surface area (Å²) in [6.45, 7) is 0.827. The first-order chi connectivity index (χ1) is 14.9. The number of nitrogens with zero attached hydrogens (tertiary/aromatic N) is 1. The molecule has 2 aliphatic rings. The molecule has 1 aliphatic carbocycles. The number of aromatic nitrogens is 2. The number of Topliss-reactive ketones (excluding diaryl/α,β-unsaturated/α-hetero) is 1. The van der Waals surface area contributed by atoms with Gasteiger partial charge in [-0.1, -0.05) is 30.3 Å². The first-order valence-corrected chi connectivity index (χ1v) is 10.1. The molecule has 31 heavy (non-hydrogen) atoms. The second-order valence-corrected chi connectivity index (χ2v) is 7.96. The van der Waals surface area contributed by atoms with Crippen LogP contribution in [0.2, 0.25) is 0 Å². The van der Waals surface area contributed by atoms with Crippen LogP contribution in [0.4, 0.5) is 14.6 Å². The quantitative estimate of drug-likeness (QED) is 0.587. The van der Waals surface area contributed by atoms with Gasteiger partial charge in [0, 0.05) is 42.4 Å². The van der Waals surface area contributed by atoms with Gasteiger partial charge in [-0.25, -0.2) is 13.8 Å². The molecule has 1 saturated carbocycles. The van der Waals surface area contributed by atoms with Gasteiger partial charge in [0.25, 0.3) is 5.92 Å². The molecule has 1 aliphatic heterocycles. The molecule has 0 radical (unpaired) electrons. The van der Waals surface area contributed by atoms with E-state index in [1.165, 1.54) is 6.20 Å². The van der Waals surface area contributed by atoms with Gasteiger partial charge in [0.05, 0.1) is 12.2 Å². The maximum Gasteiger partial charge on any atom is 0.260 e. The Balaban J connectivity index is 1.51. The molecule has 3 aromatic rings. The lowest BCUT2D eigenvalue weighted by molar-refractivity contribution is -0.119. The number of anilines is 1. The van der Waals surface area contributed by atoms with Crippen molar-refractivity contribution in [3.05, 3.63) is 71.0 Å². The number of nitrogens with one attached hydrogen (secondary N) is 3. The highest BCUT2D eigenvalue weighted by molar-refractivity contribution is 6.03. The summed E-state index contributed by atoms with van der Waals surface area (Å²) in [6.07, 6.45) is 1.65. The SMILES string of the molecule is O=C1CNCc2[nH]c(-c3ccnc(NC(=O)C4CC4(F)F)c3)c(Cc3ccccc3)c21. The molecule has 1 unspecified atom stereocenters. The van der Waals surface area contributed by atoms with Crippen molar-refractivity contribution >= 4 is 17.5 Å². The number of pyridine rings is 1. The smallest absolute Gasteiger partial charge is 0.260 e. The van der Waals surface area contributed by atoms with Crippen LogP contribution in [0.1, 0.15) is 33.6 Å². The fourth-order valence-electron chi connectivity index (χ4n) is 4.04. The summed E-state index contributed by atoms with van der Waals surface area (Å²) in [4.78, 5) is 32.2. The number of ketones is 1. The summed E-state index contributed by atoms with van der Waals surface area (Å²) in [5.74, 6) is -4.74. The van der Waals surface area contributed by atoms with Gasteiger partial charge in [0.2, 0.25) is 5.91 Å². The fraction of sp³-hybridized carbons (Fsp3) is 0.261. The van der Waals surface area contributed by atoms with E-state index in [9.17, 15) is 18.4 Å². The highest BCUT2D eigenvalue weighted by Crippen LogP contribution is 2.49. The van der Waals surface area contributed by atoms with Crippen molar-refractivity contribution in [1.29, 1.82) is 0 Å². The van der Waals surface area contributed by atoms with E-state index in [1.807, 2.05) is 30.3 Å². The summed E-state index contributed by atoms with van der Waals surface area (Å²) < 4.78 is 26.4. The third-order valence-corrected chi connectivity index (χ3v) is 5.71. The molecule has 158 valence electrons. The van der Waals surface area contributed by atoms with Gasteiger partial charge in [-0.2, -0.15) is 0 Å². The highest BCUT2D eigenvalue weighted by atomic mass is 19.3. The number of carbonyl (C=O) groups excluding carboxylic acids is 2. The van der Waals surface area contributed by atoms with E-state index in [4.69, 9.17) is 0 Å². The van der Waals surface area contributed by atoms with Crippen molar-refractivity contribution in [2.45, 2.75) is 25.3 Å². The number of fused-ring (bicyclic) bond motifs is 1. The van der Waals surface area contributed by atoms with Crippen molar-refractivity contribution in [3.8, 4) is 11.3 Å². The van der Waals surface area contributed by atoms with Crippen LogP contribution >= 0.6 is 0 Å². The molecule has 0 saturated heterocycles. The Morgan fingerprint density at radius 3 is 2.71 bits per heavy atom. The number of rotatable bonds is 5. The Kier molecular flexibility index (Phi) is 4.66. The van der Waals surface area contributed by atoms with Crippen LogP contribution in [0.3, 0.4) is 0 Å². The number of H-pyrrole nitrogens is 1. The summed E-state index contributed by atoms with van der Waals surface area (Å²) in [6, 6.07) is 13.3. The largest absolute Gasteiger partial charge is 0.356 e. The maximum atomic E-state index is 13.2. The number of hydrogen-bond acceptors (Lipinski definition) is 4. The summed E-state index contributed by atoms with van der Waals surface area (Å²) in [5.41, 5.74) is 4.94. The Morgan fingerprint density at radius 2 is 1.97 bits per heavy atom. The van der Waals surface area contributed by atoms with Gasteiger partial charge < -0.3 is 15.6 Å². The van der Waals surface area contributed by atoms with E-state index in [1.54, 1.807) is 12.1 Å². The predicted molar refractivity (Wildman–Crippen MR) is 111 cm³/mol. The lowest BCUT2D eigenvalue weighted by Crippen LogP contribution is -2.29. The minimum atomic E-state index is -2.93. The summed E-state index contributed by atoms with van der Waals surface area (Å²) in [7, 11) is 0. The molecule has 3 heterocycles. The molecular formula is C23H20F2N4O2. The fourth-order valence-corrected chi connectivity index (χ4v) is 4.04. The first-order valence-electron chi connectivity index (χ1n) is 10.1. The van der Waals surface area contributed by atoms with Crippen LogP contribution in [-0.4, -0.2) is 34.1 Å². The average molecular weight is 422 g/mol. The van der Waals surface area contributed by atoms with Crippen LogP contribution in [0.5, 0.6) is 0 Å². The lowest BCUT2D eigenvalue weighted by atomic mass is 9.94. The summed E-state index contributed by atoms with van der Waals surface area (Å²) >= 11 is 0. The van der Waals surface area contributed by atoms with Crippen LogP contribution in [-0.2, 0) is 17.8 Å². The highest BCUT2D eigenvalue weighted by Gasteiger charge is 2.61. The molecule has 6 nitrogen and oxygen atoms in total. The van der Waals surface area contributed by atoms with Gasteiger partial charge in [0.1, 0.15) is 11.7 Å². The molecule has 1 aromatic carbocycles. The van der Waals surface area contributed by atoms with E-state index in [-0.39, 0.29) is 18.1 Å². The van der Waals surface area contributed by atoms with Crippen LogP contribution in [0, 0.1) is 5.92 Å². The minimum Gasteiger partial charge on any atom is -0.356 e. The molecule has 1 amide bonds. The third kappa shape index (κ3) is 3.74. The van der Waals surface area contributed by atoms with E-state index in [0.29, 0.717) is 18.5 Å².